The minimum absolute atomic E-state index is 0.160. The SMILES string of the molecule is COC(=O)c1cn(C23CCC(O)(CC2)CC3)c(=O)cc1NC(C)=O. The minimum Gasteiger partial charge on any atom is -0.465 e. The van der Waals surface area contributed by atoms with E-state index in [1.807, 2.05) is 0 Å². The van der Waals surface area contributed by atoms with Crippen molar-refractivity contribution >= 4 is 17.6 Å². The Kier molecular flexibility index (Phi) is 3.99. The molecule has 3 aliphatic carbocycles. The summed E-state index contributed by atoms with van der Waals surface area (Å²) in [5, 5.41) is 12.9. The van der Waals surface area contributed by atoms with E-state index in [1.165, 1.54) is 26.3 Å². The molecule has 1 aromatic rings. The number of hydrogen-bond acceptors (Lipinski definition) is 5. The zero-order valence-corrected chi connectivity index (χ0v) is 13.9. The van der Waals surface area contributed by atoms with E-state index in [1.54, 1.807) is 4.57 Å². The van der Waals surface area contributed by atoms with Gasteiger partial charge in [-0.05, 0) is 38.5 Å². The average Bonchev–Trinajstić information content (AvgIpc) is 2.55. The van der Waals surface area contributed by atoms with Crippen molar-refractivity contribution in [2.75, 3.05) is 12.4 Å². The Morgan fingerprint density at radius 2 is 1.79 bits per heavy atom. The summed E-state index contributed by atoms with van der Waals surface area (Å²) in [4.78, 5) is 36.1. The van der Waals surface area contributed by atoms with Gasteiger partial charge in [-0.25, -0.2) is 4.79 Å². The molecule has 1 aromatic heterocycles. The molecule has 1 heterocycles. The lowest BCUT2D eigenvalue weighted by molar-refractivity contribution is -0.114. The van der Waals surface area contributed by atoms with Gasteiger partial charge in [0.05, 0.1) is 24.0 Å². The second kappa shape index (κ2) is 5.73. The molecule has 0 unspecified atom stereocenters. The number of nitrogens with one attached hydrogen (secondary N) is 1. The van der Waals surface area contributed by atoms with Crippen molar-refractivity contribution < 1.29 is 19.4 Å². The Balaban J connectivity index is 2.07. The van der Waals surface area contributed by atoms with E-state index in [9.17, 15) is 19.5 Å². The molecule has 0 spiro atoms. The molecule has 24 heavy (non-hydrogen) atoms. The lowest BCUT2D eigenvalue weighted by atomic mass is 9.63. The number of carbonyl (C=O) groups is 2. The fourth-order valence-corrected chi connectivity index (χ4v) is 3.98. The predicted molar refractivity (Wildman–Crippen MR) is 87.0 cm³/mol. The molecule has 3 aliphatic rings. The van der Waals surface area contributed by atoms with Gasteiger partial charge in [-0.15, -0.1) is 0 Å². The summed E-state index contributed by atoms with van der Waals surface area (Å²) in [5.41, 5.74) is -0.923. The monoisotopic (exact) mass is 334 g/mol. The zero-order valence-electron chi connectivity index (χ0n) is 13.9. The van der Waals surface area contributed by atoms with Crippen LogP contribution in [0, 0.1) is 0 Å². The maximum atomic E-state index is 12.6. The van der Waals surface area contributed by atoms with Gasteiger partial charge in [0.2, 0.25) is 5.91 Å². The molecule has 7 nitrogen and oxygen atoms in total. The van der Waals surface area contributed by atoms with Crippen LogP contribution in [-0.4, -0.2) is 34.3 Å². The van der Waals surface area contributed by atoms with Gasteiger partial charge in [0.25, 0.3) is 5.56 Å². The first kappa shape index (κ1) is 16.7. The highest BCUT2D eigenvalue weighted by molar-refractivity contribution is 6.00. The molecular weight excluding hydrogens is 312 g/mol. The first-order valence-corrected chi connectivity index (χ1v) is 8.14. The van der Waals surface area contributed by atoms with Crippen LogP contribution in [0.25, 0.3) is 0 Å². The minimum atomic E-state index is -0.605. The van der Waals surface area contributed by atoms with Crippen molar-refractivity contribution in [3.05, 3.63) is 28.2 Å². The smallest absolute Gasteiger partial charge is 0.341 e. The third kappa shape index (κ3) is 2.73. The van der Waals surface area contributed by atoms with Crippen LogP contribution in [0.15, 0.2) is 17.1 Å². The summed E-state index contributed by atoms with van der Waals surface area (Å²) in [6.45, 7) is 1.31. The Morgan fingerprint density at radius 3 is 2.29 bits per heavy atom. The van der Waals surface area contributed by atoms with Gasteiger partial charge in [-0.3, -0.25) is 9.59 Å². The summed E-state index contributed by atoms with van der Waals surface area (Å²) in [5.74, 6) is -0.970. The largest absolute Gasteiger partial charge is 0.465 e. The lowest BCUT2D eigenvalue weighted by Crippen LogP contribution is -2.53. The Hall–Kier alpha value is -2.15. The number of ether oxygens (including phenoxy) is 1. The number of rotatable bonds is 3. The molecule has 0 radical (unpaired) electrons. The van der Waals surface area contributed by atoms with Crippen LogP contribution in [0.3, 0.4) is 0 Å². The summed E-state index contributed by atoms with van der Waals surface area (Å²) in [6.07, 6.45) is 5.55. The normalized spacial score (nSPS) is 28.5. The van der Waals surface area contributed by atoms with E-state index in [0.29, 0.717) is 38.5 Å². The maximum Gasteiger partial charge on any atom is 0.341 e. The summed E-state index contributed by atoms with van der Waals surface area (Å²) in [7, 11) is 1.26. The number of nitrogens with zero attached hydrogens (tertiary/aromatic N) is 1. The molecular formula is C17H22N2O5. The standard InChI is InChI=1S/C17H22N2O5/c1-11(20)18-13-9-14(21)19(10-12(13)15(22)24-2)16-3-6-17(23,7-4-16)8-5-16/h9-10,23H,3-8H2,1-2H3,(H,18,20). The number of fused-ring (bicyclic) bond motifs is 3. The van der Waals surface area contributed by atoms with Crippen molar-refractivity contribution in [1.29, 1.82) is 0 Å². The van der Waals surface area contributed by atoms with E-state index in [4.69, 9.17) is 4.74 Å². The molecule has 0 aromatic carbocycles. The summed E-state index contributed by atoms with van der Waals surface area (Å²) < 4.78 is 6.39. The average molecular weight is 334 g/mol. The molecule has 0 aliphatic heterocycles. The number of methoxy groups -OCH3 is 1. The molecule has 2 N–H and O–H groups in total. The number of esters is 1. The summed E-state index contributed by atoms with van der Waals surface area (Å²) in [6, 6.07) is 1.28. The highest BCUT2D eigenvalue weighted by atomic mass is 16.5. The van der Waals surface area contributed by atoms with E-state index < -0.39 is 11.6 Å². The number of hydrogen-bond donors (Lipinski definition) is 2. The topological polar surface area (TPSA) is 97.6 Å². The first-order chi connectivity index (χ1) is 11.3. The van der Waals surface area contributed by atoms with Gasteiger partial charge >= 0.3 is 5.97 Å². The van der Waals surface area contributed by atoms with Gasteiger partial charge in [-0.2, -0.15) is 0 Å². The predicted octanol–water partition coefficient (Wildman–Crippen LogP) is 1.39. The van der Waals surface area contributed by atoms with Gasteiger partial charge in [0, 0.05) is 24.7 Å². The molecule has 1 amide bonds. The molecule has 4 rings (SSSR count). The second-order valence-electron chi connectivity index (χ2n) is 6.93. The number of pyridine rings is 1. The van der Waals surface area contributed by atoms with Gasteiger partial charge in [-0.1, -0.05) is 0 Å². The number of amides is 1. The molecule has 7 heteroatoms. The second-order valence-corrected chi connectivity index (χ2v) is 6.93. The van der Waals surface area contributed by atoms with Crippen LogP contribution in [0.5, 0.6) is 0 Å². The van der Waals surface area contributed by atoms with Crippen molar-refractivity contribution in [1.82, 2.24) is 4.57 Å². The highest BCUT2D eigenvalue weighted by Gasteiger charge is 2.49. The molecule has 0 saturated heterocycles. The van der Waals surface area contributed by atoms with Crippen LogP contribution in [-0.2, 0) is 15.1 Å². The number of aliphatic hydroxyl groups is 1. The fourth-order valence-electron chi connectivity index (χ4n) is 3.98. The lowest BCUT2D eigenvalue weighted by Gasteiger charge is -2.51. The van der Waals surface area contributed by atoms with E-state index in [0.717, 1.165) is 0 Å². The summed E-state index contributed by atoms with van der Waals surface area (Å²) >= 11 is 0. The highest BCUT2D eigenvalue weighted by Crippen LogP contribution is 2.50. The van der Waals surface area contributed by atoms with E-state index >= 15 is 0 Å². The van der Waals surface area contributed by atoms with Crippen LogP contribution >= 0.6 is 0 Å². The molecule has 3 saturated carbocycles. The quantitative estimate of drug-likeness (QED) is 0.814. The van der Waals surface area contributed by atoms with E-state index in [-0.39, 0.29) is 28.3 Å². The number of anilines is 1. The molecule has 3 fully saturated rings. The van der Waals surface area contributed by atoms with Gasteiger partial charge < -0.3 is 19.7 Å². The van der Waals surface area contributed by atoms with Crippen molar-refractivity contribution in [3.63, 3.8) is 0 Å². The van der Waals surface area contributed by atoms with Crippen LogP contribution in [0.4, 0.5) is 5.69 Å². The number of carbonyl (C=O) groups excluding carboxylic acids is 2. The van der Waals surface area contributed by atoms with Gasteiger partial charge in [0.1, 0.15) is 0 Å². The van der Waals surface area contributed by atoms with Crippen molar-refractivity contribution in [2.24, 2.45) is 0 Å². The van der Waals surface area contributed by atoms with Crippen LogP contribution in [0.1, 0.15) is 55.8 Å². The molecule has 0 atom stereocenters. The third-order valence-corrected chi connectivity index (χ3v) is 5.45. The van der Waals surface area contributed by atoms with Gasteiger partial charge in [0.15, 0.2) is 0 Å². The Morgan fingerprint density at radius 1 is 1.21 bits per heavy atom. The van der Waals surface area contributed by atoms with Crippen LogP contribution in [0.2, 0.25) is 0 Å². The maximum absolute atomic E-state index is 12.6. The molecule has 2 bridgehead atoms. The van der Waals surface area contributed by atoms with Crippen LogP contribution < -0.4 is 10.9 Å². The first-order valence-electron chi connectivity index (χ1n) is 8.14. The third-order valence-electron chi connectivity index (χ3n) is 5.45. The van der Waals surface area contributed by atoms with Crippen molar-refractivity contribution in [2.45, 2.75) is 56.6 Å². The fraction of sp³-hybridized carbons (Fsp3) is 0.588. The molecule has 130 valence electrons. The number of aromatic nitrogens is 1. The van der Waals surface area contributed by atoms with Crippen molar-refractivity contribution in [3.8, 4) is 0 Å². The van der Waals surface area contributed by atoms with E-state index in [2.05, 4.69) is 5.32 Å². The zero-order chi connectivity index (χ0) is 17.5. The Bertz CT molecular complexity index is 727. The Labute approximate surface area is 139 Å².